The van der Waals surface area contributed by atoms with Gasteiger partial charge < -0.3 is 15.7 Å². The van der Waals surface area contributed by atoms with Crippen molar-refractivity contribution in [2.75, 3.05) is 23.7 Å². The number of carboxylic acids is 1. The van der Waals surface area contributed by atoms with Crippen molar-refractivity contribution in [3.05, 3.63) is 54.2 Å². The van der Waals surface area contributed by atoms with E-state index >= 15 is 0 Å². The van der Waals surface area contributed by atoms with Crippen molar-refractivity contribution in [1.82, 2.24) is 9.97 Å². The van der Waals surface area contributed by atoms with Crippen molar-refractivity contribution in [3.63, 3.8) is 0 Å². The second kappa shape index (κ2) is 7.34. The number of benzene rings is 1. The number of nitrogens with zero attached hydrogens (tertiary/aromatic N) is 3. The first kappa shape index (κ1) is 17.0. The molecule has 1 aromatic carbocycles. The second-order valence-corrected chi connectivity index (χ2v) is 6.41. The highest BCUT2D eigenvalue weighted by atomic mass is 16.4. The first-order chi connectivity index (χ1) is 12.1. The molecule has 1 fully saturated rings. The zero-order valence-corrected chi connectivity index (χ0v) is 14.0. The van der Waals surface area contributed by atoms with Crippen molar-refractivity contribution < 1.29 is 9.90 Å². The van der Waals surface area contributed by atoms with E-state index in [9.17, 15) is 9.90 Å². The largest absolute Gasteiger partial charge is 0.481 e. The van der Waals surface area contributed by atoms with Crippen LogP contribution in [0.15, 0.2) is 48.7 Å². The number of hydrogen-bond acceptors (Lipinski definition) is 5. The zero-order chi connectivity index (χ0) is 17.7. The van der Waals surface area contributed by atoms with E-state index in [1.54, 1.807) is 12.3 Å². The van der Waals surface area contributed by atoms with Crippen LogP contribution in [0.25, 0.3) is 6.08 Å². The van der Waals surface area contributed by atoms with Crippen LogP contribution in [-0.4, -0.2) is 34.1 Å². The molecule has 130 valence electrons. The molecule has 0 radical (unpaired) electrons. The molecule has 0 unspecified atom stereocenters. The normalized spacial score (nSPS) is 20.7. The molecule has 6 nitrogen and oxygen atoms in total. The fraction of sp³-hybridized carbons (Fsp3) is 0.316. The Hall–Kier alpha value is -2.89. The molecular formula is C19H22N4O2. The van der Waals surface area contributed by atoms with Crippen LogP contribution in [0.4, 0.5) is 11.8 Å². The Bertz CT molecular complexity index is 763. The van der Waals surface area contributed by atoms with Crippen molar-refractivity contribution >= 4 is 23.8 Å². The molecule has 1 aromatic heterocycles. The number of aromatic nitrogens is 2. The summed E-state index contributed by atoms with van der Waals surface area (Å²) in [6.45, 7) is 1.12. The Labute approximate surface area is 147 Å². The van der Waals surface area contributed by atoms with Crippen LogP contribution >= 0.6 is 0 Å². The van der Waals surface area contributed by atoms with Gasteiger partial charge in [-0.1, -0.05) is 42.5 Å². The summed E-state index contributed by atoms with van der Waals surface area (Å²) in [5, 5.41) is 9.88. The van der Waals surface area contributed by atoms with Crippen LogP contribution in [0.3, 0.4) is 0 Å². The monoisotopic (exact) mass is 338 g/mol. The molecule has 3 rings (SSSR count). The number of hydrogen-bond donors (Lipinski definition) is 2. The van der Waals surface area contributed by atoms with E-state index in [2.05, 4.69) is 9.97 Å². The summed E-state index contributed by atoms with van der Waals surface area (Å²) in [7, 11) is 0. The highest BCUT2D eigenvalue weighted by Gasteiger charge is 2.42. The van der Waals surface area contributed by atoms with Crippen LogP contribution in [0.2, 0.25) is 0 Å². The van der Waals surface area contributed by atoms with Crippen molar-refractivity contribution in [3.8, 4) is 0 Å². The minimum atomic E-state index is -0.836. The second-order valence-electron chi connectivity index (χ2n) is 6.41. The number of nitrogens with two attached hydrogens (primary N) is 1. The molecule has 3 N–H and O–H groups in total. The van der Waals surface area contributed by atoms with Gasteiger partial charge in [-0.2, -0.15) is 4.98 Å². The zero-order valence-electron chi connectivity index (χ0n) is 14.0. The lowest BCUT2D eigenvalue weighted by atomic mass is 9.77. The Morgan fingerprint density at radius 3 is 2.84 bits per heavy atom. The quantitative estimate of drug-likeness (QED) is 0.871. The molecule has 0 saturated carbocycles. The maximum atomic E-state index is 12.0. The Kier molecular flexibility index (Phi) is 4.97. The minimum Gasteiger partial charge on any atom is -0.481 e. The first-order valence-corrected chi connectivity index (χ1v) is 8.38. The van der Waals surface area contributed by atoms with E-state index in [1.165, 1.54) is 0 Å². The van der Waals surface area contributed by atoms with E-state index in [0.29, 0.717) is 31.2 Å². The number of allylic oxidation sites excluding steroid dienone is 1. The highest BCUT2D eigenvalue weighted by Crippen LogP contribution is 2.35. The standard InChI is InChI=1S/C19H22N4O2/c20-16-9-12-21-18(22-16)23-13-5-11-19(14-23,17(24)25)10-4-8-15-6-2-1-3-7-15/h1-4,6-9,12H,5,10-11,13-14H2,(H,24,25)(H2,20,21,22)/b8-4+/t19-/m0/s1. The van der Waals surface area contributed by atoms with E-state index in [0.717, 1.165) is 18.5 Å². The maximum absolute atomic E-state index is 12.0. The van der Waals surface area contributed by atoms with Gasteiger partial charge in [-0.05, 0) is 30.9 Å². The summed E-state index contributed by atoms with van der Waals surface area (Å²) in [4.78, 5) is 22.4. The summed E-state index contributed by atoms with van der Waals surface area (Å²) < 4.78 is 0. The fourth-order valence-electron chi connectivity index (χ4n) is 3.23. The highest BCUT2D eigenvalue weighted by molar-refractivity contribution is 5.76. The Morgan fingerprint density at radius 2 is 2.12 bits per heavy atom. The molecule has 2 aromatic rings. The van der Waals surface area contributed by atoms with Gasteiger partial charge in [0.1, 0.15) is 5.82 Å². The summed E-state index contributed by atoms with van der Waals surface area (Å²) in [5.74, 6) is 0.108. The van der Waals surface area contributed by atoms with Crippen molar-refractivity contribution in [1.29, 1.82) is 0 Å². The number of aliphatic carboxylic acids is 1. The molecule has 1 atom stereocenters. The lowest BCUT2D eigenvalue weighted by molar-refractivity contribution is -0.149. The number of rotatable bonds is 5. The third-order valence-electron chi connectivity index (χ3n) is 4.60. The molecule has 1 aliphatic rings. The van der Waals surface area contributed by atoms with Gasteiger partial charge in [0.15, 0.2) is 0 Å². The summed E-state index contributed by atoms with van der Waals surface area (Å²) in [5.41, 5.74) is 5.96. The van der Waals surface area contributed by atoms with E-state index in [-0.39, 0.29) is 0 Å². The lowest BCUT2D eigenvalue weighted by Crippen LogP contribution is -2.48. The molecule has 1 saturated heterocycles. The number of anilines is 2. The Balaban J connectivity index is 1.77. The fourth-order valence-corrected chi connectivity index (χ4v) is 3.23. The van der Waals surface area contributed by atoms with E-state index in [1.807, 2.05) is 47.4 Å². The summed E-state index contributed by atoms with van der Waals surface area (Å²) >= 11 is 0. The van der Waals surface area contributed by atoms with Crippen LogP contribution in [0.1, 0.15) is 24.8 Å². The summed E-state index contributed by atoms with van der Waals surface area (Å²) in [6.07, 6.45) is 7.41. The predicted octanol–water partition coefficient (Wildman–Crippen LogP) is 2.83. The third-order valence-corrected chi connectivity index (χ3v) is 4.60. The third kappa shape index (κ3) is 3.96. The lowest BCUT2D eigenvalue weighted by Gasteiger charge is -2.39. The number of carbonyl (C=O) groups is 1. The molecule has 2 heterocycles. The number of piperidine rings is 1. The van der Waals surface area contributed by atoms with Gasteiger partial charge in [0, 0.05) is 19.3 Å². The summed E-state index contributed by atoms with van der Waals surface area (Å²) in [6, 6.07) is 11.5. The Morgan fingerprint density at radius 1 is 1.32 bits per heavy atom. The van der Waals surface area contributed by atoms with Gasteiger partial charge in [0.25, 0.3) is 0 Å². The first-order valence-electron chi connectivity index (χ1n) is 8.38. The van der Waals surface area contributed by atoms with Crippen LogP contribution in [0, 0.1) is 5.41 Å². The average molecular weight is 338 g/mol. The molecule has 0 bridgehead atoms. The van der Waals surface area contributed by atoms with Crippen LogP contribution < -0.4 is 10.6 Å². The van der Waals surface area contributed by atoms with Gasteiger partial charge in [0.2, 0.25) is 5.95 Å². The molecule has 0 aliphatic carbocycles. The molecule has 6 heteroatoms. The number of nitrogen functional groups attached to an aromatic ring is 1. The van der Waals surface area contributed by atoms with Gasteiger partial charge in [0.05, 0.1) is 5.41 Å². The van der Waals surface area contributed by atoms with Crippen molar-refractivity contribution in [2.24, 2.45) is 5.41 Å². The van der Waals surface area contributed by atoms with Gasteiger partial charge in [-0.15, -0.1) is 0 Å². The maximum Gasteiger partial charge on any atom is 0.311 e. The average Bonchev–Trinajstić information content (AvgIpc) is 2.63. The predicted molar refractivity (Wildman–Crippen MR) is 98.1 cm³/mol. The van der Waals surface area contributed by atoms with Gasteiger partial charge in [-0.3, -0.25) is 4.79 Å². The van der Waals surface area contributed by atoms with Gasteiger partial charge >= 0.3 is 5.97 Å². The van der Waals surface area contributed by atoms with E-state index < -0.39 is 11.4 Å². The minimum absolute atomic E-state index is 0.380. The smallest absolute Gasteiger partial charge is 0.311 e. The number of carboxylic acid groups (broad SMARTS) is 1. The van der Waals surface area contributed by atoms with Gasteiger partial charge in [-0.25, -0.2) is 4.98 Å². The molecule has 0 amide bonds. The van der Waals surface area contributed by atoms with Crippen LogP contribution in [0.5, 0.6) is 0 Å². The molecular weight excluding hydrogens is 316 g/mol. The topological polar surface area (TPSA) is 92.3 Å². The van der Waals surface area contributed by atoms with Crippen molar-refractivity contribution in [2.45, 2.75) is 19.3 Å². The molecule has 0 spiro atoms. The van der Waals surface area contributed by atoms with Crippen LogP contribution in [-0.2, 0) is 4.79 Å². The SMILES string of the molecule is Nc1ccnc(N2CCC[C@](C/C=C/c3ccccc3)(C(=O)O)C2)n1. The molecule has 25 heavy (non-hydrogen) atoms. The molecule has 1 aliphatic heterocycles. The van der Waals surface area contributed by atoms with E-state index in [4.69, 9.17) is 5.73 Å².